The summed E-state index contributed by atoms with van der Waals surface area (Å²) in [7, 11) is -1.45. The third-order valence-corrected chi connectivity index (χ3v) is 9.34. The molecule has 2 saturated heterocycles. The number of nitrogens with one attached hydrogen (secondary N) is 1. The van der Waals surface area contributed by atoms with Crippen molar-refractivity contribution >= 4 is 16.0 Å². The number of nitrogens with zero attached hydrogens (tertiary/aromatic N) is 3. The van der Waals surface area contributed by atoms with Crippen LogP contribution in [0.2, 0.25) is 0 Å². The maximum absolute atomic E-state index is 12.6. The Morgan fingerprint density at radius 1 is 1.23 bits per heavy atom. The van der Waals surface area contributed by atoms with Crippen LogP contribution in [0.5, 0.6) is 0 Å². The van der Waals surface area contributed by atoms with Crippen LogP contribution >= 0.6 is 0 Å². The van der Waals surface area contributed by atoms with Crippen LogP contribution in [0.1, 0.15) is 46.0 Å². The molecule has 0 aromatic heterocycles. The Labute approximate surface area is 181 Å². The lowest BCUT2D eigenvalue weighted by molar-refractivity contribution is -0.125. The van der Waals surface area contributed by atoms with Gasteiger partial charge >= 0.3 is 0 Å². The molecular weight excluding hydrogens is 404 g/mol. The van der Waals surface area contributed by atoms with E-state index in [4.69, 9.17) is 9.47 Å². The van der Waals surface area contributed by atoms with Gasteiger partial charge in [0.15, 0.2) is 5.96 Å². The highest BCUT2D eigenvalue weighted by Gasteiger charge is 2.65. The molecule has 3 unspecified atom stereocenters. The van der Waals surface area contributed by atoms with Crippen molar-refractivity contribution in [2.24, 2.45) is 16.3 Å². The zero-order valence-corrected chi connectivity index (χ0v) is 19.5. The molecule has 0 radical (unpaired) electrons. The van der Waals surface area contributed by atoms with Gasteiger partial charge < -0.3 is 19.7 Å². The van der Waals surface area contributed by atoms with Gasteiger partial charge in [0.25, 0.3) is 0 Å². The van der Waals surface area contributed by atoms with Crippen molar-refractivity contribution in [3.8, 4) is 0 Å². The zero-order chi connectivity index (χ0) is 21.4. The largest absolute Gasteiger partial charge is 0.378 e. The van der Waals surface area contributed by atoms with E-state index >= 15 is 0 Å². The summed E-state index contributed by atoms with van der Waals surface area (Å²) in [4.78, 5) is 6.77. The van der Waals surface area contributed by atoms with Gasteiger partial charge in [-0.05, 0) is 33.1 Å². The molecule has 4 aliphatic rings. The predicted molar refractivity (Wildman–Crippen MR) is 117 cm³/mol. The first-order chi connectivity index (χ1) is 14.4. The number of piperazine rings is 1. The Kier molecular flexibility index (Phi) is 6.63. The van der Waals surface area contributed by atoms with Crippen LogP contribution in [0.15, 0.2) is 4.99 Å². The van der Waals surface area contributed by atoms with Crippen LogP contribution in [0.25, 0.3) is 0 Å². The number of sulfonamides is 1. The summed E-state index contributed by atoms with van der Waals surface area (Å²) in [5.74, 6) is 1.55. The molecule has 4 fully saturated rings. The highest BCUT2D eigenvalue weighted by molar-refractivity contribution is 7.89. The Balaban J connectivity index is 1.33. The average Bonchev–Trinajstić information content (AvgIpc) is 3.37. The zero-order valence-electron chi connectivity index (χ0n) is 18.7. The fraction of sp³-hybridized carbons (Fsp3) is 0.952. The lowest BCUT2D eigenvalue weighted by Gasteiger charge is -2.57. The molecule has 1 N–H and O–H groups in total. The summed E-state index contributed by atoms with van der Waals surface area (Å²) < 4.78 is 38.4. The Morgan fingerprint density at radius 2 is 1.93 bits per heavy atom. The van der Waals surface area contributed by atoms with E-state index in [1.807, 2.05) is 20.9 Å². The standard InChI is InChI=1S/C21H38N4O4S/c1-16(2)28-14-15-30(26,27)25-11-9-24(10-12-25)20(22-3)23-18-17-6-13-29-19(17)21(18)7-4-5-8-21/h16-19H,4-15H2,1-3H3,(H,22,23). The lowest BCUT2D eigenvalue weighted by atomic mass is 9.54. The lowest BCUT2D eigenvalue weighted by Crippen LogP contribution is -2.70. The van der Waals surface area contributed by atoms with E-state index in [2.05, 4.69) is 15.2 Å². The molecule has 4 rings (SSSR count). The van der Waals surface area contributed by atoms with Crippen molar-refractivity contribution in [1.82, 2.24) is 14.5 Å². The van der Waals surface area contributed by atoms with Crippen molar-refractivity contribution in [3.05, 3.63) is 0 Å². The van der Waals surface area contributed by atoms with E-state index in [1.54, 1.807) is 4.31 Å². The molecule has 0 bridgehead atoms. The number of ether oxygens (including phenoxy) is 2. The van der Waals surface area contributed by atoms with Gasteiger partial charge in [-0.2, -0.15) is 4.31 Å². The first-order valence-electron chi connectivity index (χ1n) is 11.6. The second-order valence-corrected chi connectivity index (χ2v) is 11.6. The fourth-order valence-electron chi connectivity index (χ4n) is 6.04. The quantitative estimate of drug-likeness (QED) is 0.493. The molecule has 30 heavy (non-hydrogen) atoms. The Bertz CT molecular complexity index is 727. The third kappa shape index (κ3) is 4.10. The van der Waals surface area contributed by atoms with Crippen molar-refractivity contribution in [2.75, 3.05) is 52.2 Å². The van der Waals surface area contributed by atoms with Gasteiger partial charge in [0, 0.05) is 57.2 Å². The molecule has 172 valence electrons. The highest BCUT2D eigenvalue weighted by atomic mass is 32.2. The van der Waals surface area contributed by atoms with Crippen LogP contribution in [0, 0.1) is 11.3 Å². The minimum Gasteiger partial charge on any atom is -0.378 e. The number of aliphatic imine (C=N–C) groups is 1. The van der Waals surface area contributed by atoms with E-state index in [0.29, 0.717) is 44.2 Å². The van der Waals surface area contributed by atoms with Gasteiger partial charge in [-0.1, -0.05) is 12.8 Å². The minimum atomic E-state index is -3.28. The van der Waals surface area contributed by atoms with Gasteiger partial charge in [-0.3, -0.25) is 4.99 Å². The summed E-state index contributed by atoms with van der Waals surface area (Å²) in [5, 5.41) is 3.79. The molecule has 2 saturated carbocycles. The predicted octanol–water partition coefficient (Wildman–Crippen LogP) is 1.28. The SMILES string of the molecule is CN=C(NC1C2CCOC2C12CCCC2)N1CCN(S(=O)(=O)CCOC(C)C)CC1. The summed E-state index contributed by atoms with van der Waals surface area (Å²) >= 11 is 0. The number of hydrogen-bond donors (Lipinski definition) is 1. The van der Waals surface area contributed by atoms with Crippen LogP contribution in [-0.4, -0.2) is 94.0 Å². The van der Waals surface area contributed by atoms with E-state index in [1.165, 1.54) is 25.7 Å². The van der Waals surface area contributed by atoms with Gasteiger partial charge in [0.1, 0.15) is 0 Å². The second-order valence-electron chi connectivity index (χ2n) is 9.48. The maximum Gasteiger partial charge on any atom is 0.216 e. The van der Waals surface area contributed by atoms with Crippen LogP contribution < -0.4 is 5.32 Å². The molecule has 2 heterocycles. The summed E-state index contributed by atoms with van der Waals surface area (Å²) in [6.07, 6.45) is 6.67. The topological polar surface area (TPSA) is 83.5 Å². The van der Waals surface area contributed by atoms with Crippen LogP contribution in [-0.2, 0) is 19.5 Å². The first kappa shape index (κ1) is 22.3. The van der Waals surface area contributed by atoms with Crippen molar-refractivity contribution in [2.45, 2.75) is 64.2 Å². The Hall–Kier alpha value is -0.900. The number of guanidine groups is 1. The van der Waals surface area contributed by atoms with Crippen molar-refractivity contribution in [1.29, 1.82) is 0 Å². The van der Waals surface area contributed by atoms with Gasteiger partial charge in [-0.15, -0.1) is 0 Å². The fourth-order valence-corrected chi connectivity index (χ4v) is 7.32. The van der Waals surface area contributed by atoms with Crippen molar-refractivity contribution in [3.63, 3.8) is 0 Å². The van der Waals surface area contributed by atoms with Gasteiger partial charge in [-0.25, -0.2) is 8.42 Å². The van der Waals surface area contributed by atoms with Crippen LogP contribution in [0.3, 0.4) is 0 Å². The number of rotatable bonds is 6. The molecule has 3 atom stereocenters. The summed E-state index contributed by atoms with van der Waals surface area (Å²) in [6, 6.07) is 0.432. The van der Waals surface area contributed by atoms with Gasteiger partial charge in [0.2, 0.25) is 10.0 Å². The number of fused-ring (bicyclic) bond motifs is 2. The first-order valence-corrected chi connectivity index (χ1v) is 13.2. The number of hydrogen-bond acceptors (Lipinski definition) is 5. The highest BCUT2D eigenvalue weighted by Crippen LogP contribution is 2.60. The van der Waals surface area contributed by atoms with E-state index in [-0.39, 0.29) is 23.9 Å². The molecule has 1 spiro atoms. The van der Waals surface area contributed by atoms with Crippen molar-refractivity contribution < 1.29 is 17.9 Å². The smallest absolute Gasteiger partial charge is 0.216 e. The maximum atomic E-state index is 12.6. The molecule has 9 heteroatoms. The monoisotopic (exact) mass is 442 g/mol. The molecule has 2 aliphatic heterocycles. The normalized spacial score (nSPS) is 31.9. The molecule has 0 aromatic carbocycles. The van der Waals surface area contributed by atoms with E-state index in [9.17, 15) is 8.42 Å². The van der Waals surface area contributed by atoms with E-state index in [0.717, 1.165) is 19.0 Å². The second kappa shape index (κ2) is 8.92. The van der Waals surface area contributed by atoms with Gasteiger partial charge in [0.05, 0.1) is 24.6 Å². The average molecular weight is 443 g/mol. The molecule has 2 aliphatic carbocycles. The molecule has 0 aromatic rings. The Morgan fingerprint density at radius 3 is 2.57 bits per heavy atom. The molecule has 8 nitrogen and oxygen atoms in total. The van der Waals surface area contributed by atoms with E-state index < -0.39 is 10.0 Å². The summed E-state index contributed by atoms with van der Waals surface area (Å²) in [5.41, 5.74) is 0.276. The third-order valence-electron chi connectivity index (χ3n) is 7.51. The summed E-state index contributed by atoms with van der Waals surface area (Å²) in [6.45, 7) is 7.28. The minimum absolute atomic E-state index is 0.0472. The molecule has 0 amide bonds. The molecular formula is C21H38N4O4S. The van der Waals surface area contributed by atoms with Crippen LogP contribution in [0.4, 0.5) is 0 Å².